The topological polar surface area (TPSA) is 89.8 Å². The molecule has 0 atom stereocenters. The maximum Gasteiger partial charge on any atom is 0.266 e. The van der Waals surface area contributed by atoms with Crippen molar-refractivity contribution in [3.8, 4) is 29.1 Å². The lowest BCUT2D eigenvalue weighted by Crippen LogP contribution is -2.13. The minimum absolute atomic E-state index is 0.164. The number of hydrogen-bond acceptors (Lipinski definition) is 6. The molecule has 4 rings (SSSR count). The normalized spacial score (nSPS) is 10.9. The fraction of sp³-hybridized carbons (Fsp3) is 0.176. The van der Waals surface area contributed by atoms with Crippen LogP contribution in [-0.2, 0) is 18.0 Å². The molecule has 1 N–H and O–H groups in total. The number of nitriles is 1. The minimum atomic E-state index is -0.648. The number of nitrogens with one attached hydrogen (secondary N) is 1. The van der Waals surface area contributed by atoms with Gasteiger partial charge in [0.25, 0.3) is 5.91 Å². The van der Waals surface area contributed by atoms with E-state index in [0.717, 1.165) is 11.1 Å². The molecule has 0 radical (unpaired) electrons. The lowest BCUT2D eigenvalue weighted by Gasteiger charge is -2.16. The van der Waals surface area contributed by atoms with Crippen molar-refractivity contribution in [1.29, 1.82) is 5.26 Å². The Hall–Kier alpha value is -5.00. The highest BCUT2D eigenvalue weighted by Crippen LogP contribution is 2.38. The maximum absolute atomic E-state index is 13.2. The Labute approximate surface area is 255 Å². The molecule has 220 valence electrons. The van der Waals surface area contributed by atoms with Crippen LogP contribution in [0.1, 0.15) is 30.5 Å². The SMILES string of the molecule is CCOc1cc(COc2c(Cl)cc(/C=C(\C#N)C(=O)Nc3ccc(F)cc3)cc2OCC)ccc1OCc1ccccc1. The zero-order valence-electron chi connectivity index (χ0n) is 23.7. The number of hydrogen-bond donors (Lipinski definition) is 1. The number of benzene rings is 4. The van der Waals surface area contributed by atoms with Crippen LogP contribution >= 0.6 is 11.6 Å². The first-order valence-electron chi connectivity index (χ1n) is 13.6. The monoisotopic (exact) mass is 600 g/mol. The molecular formula is C34H30ClFN2O5. The number of rotatable bonds is 13. The highest BCUT2D eigenvalue weighted by Gasteiger charge is 2.16. The lowest BCUT2D eigenvalue weighted by atomic mass is 10.1. The van der Waals surface area contributed by atoms with Gasteiger partial charge in [0, 0.05) is 5.69 Å². The van der Waals surface area contributed by atoms with Gasteiger partial charge in [-0.3, -0.25) is 4.79 Å². The van der Waals surface area contributed by atoms with Gasteiger partial charge in [0.05, 0.1) is 18.2 Å². The average Bonchev–Trinajstić information content (AvgIpc) is 3.01. The Morgan fingerprint density at radius 2 is 1.53 bits per heavy atom. The summed E-state index contributed by atoms with van der Waals surface area (Å²) in [4.78, 5) is 12.7. The molecule has 0 saturated heterocycles. The van der Waals surface area contributed by atoms with Crippen LogP contribution in [0, 0.1) is 17.1 Å². The van der Waals surface area contributed by atoms with Crippen molar-refractivity contribution < 1.29 is 28.1 Å². The minimum Gasteiger partial charge on any atom is -0.490 e. The lowest BCUT2D eigenvalue weighted by molar-refractivity contribution is -0.112. The van der Waals surface area contributed by atoms with Crippen LogP contribution in [0.3, 0.4) is 0 Å². The molecule has 0 aromatic heterocycles. The average molecular weight is 601 g/mol. The number of amides is 1. The molecule has 0 aliphatic heterocycles. The van der Waals surface area contributed by atoms with E-state index >= 15 is 0 Å². The van der Waals surface area contributed by atoms with Gasteiger partial charge in [0.1, 0.15) is 30.7 Å². The Balaban J connectivity index is 1.50. The van der Waals surface area contributed by atoms with Crippen LogP contribution in [0.25, 0.3) is 6.08 Å². The maximum atomic E-state index is 13.2. The van der Waals surface area contributed by atoms with Crippen molar-refractivity contribution in [3.63, 3.8) is 0 Å². The second kappa shape index (κ2) is 15.3. The summed E-state index contributed by atoms with van der Waals surface area (Å²) in [6.45, 7) is 5.09. The van der Waals surface area contributed by atoms with Gasteiger partial charge in [-0.05, 0) is 85.1 Å². The summed E-state index contributed by atoms with van der Waals surface area (Å²) in [5.41, 5.74) is 2.51. The molecule has 7 nitrogen and oxygen atoms in total. The van der Waals surface area contributed by atoms with Crippen LogP contribution in [0.15, 0.2) is 90.5 Å². The van der Waals surface area contributed by atoms with Gasteiger partial charge in [-0.2, -0.15) is 5.26 Å². The summed E-state index contributed by atoms with van der Waals surface area (Å²) in [7, 11) is 0. The van der Waals surface area contributed by atoms with Crippen LogP contribution in [0.5, 0.6) is 23.0 Å². The standard InChI is InChI=1S/C34H30ClFN2O5/c1-3-40-31-18-24(10-15-30(31)42-21-23-8-6-5-7-9-23)22-43-33-29(35)17-25(19-32(33)41-4-2)16-26(20-37)34(39)38-28-13-11-27(36)12-14-28/h5-19H,3-4,21-22H2,1-2H3,(H,38,39)/b26-16+. The number of halogens is 2. The van der Waals surface area contributed by atoms with Gasteiger partial charge in [-0.25, -0.2) is 4.39 Å². The highest BCUT2D eigenvalue weighted by atomic mass is 35.5. The van der Waals surface area contributed by atoms with Gasteiger partial charge in [0.15, 0.2) is 23.0 Å². The van der Waals surface area contributed by atoms with E-state index in [9.17, 15) is 14.4 Å². The Bertz CT molecular complexity index is 1620. The third-order valence-corrected chi connectivity index (χ3v) is 6.32. The number of anilines is 1. The summed E-state index contributed by atoms with van der Waals surface area (Å²) < 4.78 is 36.9. The van der Waals surface area contributed by atoms with E-state index in [1.54, 1.807) is 12.1 Å². The first kappa shape index (κ1) is 30.9. The fourth-order valence-electron chi connectivity index (χ4n) is 4.04. The number of carbonyl (C=O) groups excluding carboxylic acids is 1. The molecule has 0 fully saturated rings. The van der Waals surface area contributed by atoms with Crippen molar-refractivity contribution in [2.24, 2.45) is 0 Å². The molecule has 4 aromatic rings. The van der Waals surface area contributed by atoms with Crippen molar-refractivity contribution in [1.82, 2.24) is 0 Å². The zero-order chi connectivity index (χ0) is 30.6. The first-order chi connectivity index (χ1) is 20.9. The first-order valence-corrected chi connectivity index (χ1v) is 14.0. The predicted molar refractivity (Wildman–Crippen MR) is 164 cm³/mol. The quantitative estimate of drug-likeness (QED) is 0.124. The van der Waals surface area contributed by atoms with Gasteiger partial charge >= 0.3 is 0 Å². The van der Waals surface area contributed by atoms with E-state index in [2.05, 4.69) is 5.32 Å². The molecule has 0 aliphatic rings. The number of carbonyl (C=O) groups is 1. The third kappa shape index (κ3) is 8.74. The molecule has 4 aromatic carbocycles. The Kier molecular flexibility index (Phi) is 11.0. The summed E-state index contributed by atoms with van der Waals surface area (Å²) >= 11 is 6.60. The van der Waals surface area contributed by atoms with Crippen LogP contribution in [0.4, 0.5) is 10.1 Å². The summed E-state index contributed by atoms with van der Waals surface area (Å²) in [6.07, 6.45) is 1.39. The van der Waals surface area contributed by atoms with Crippen molar-refractivity contribution in [2.45, 2.75) is 27.1 Å². The molecule has 0 aliphatic carbocycles. The van der Waals surface area contributed by atoms with Gasteiger partial charge in [-0.15, -0.1) is 0 Å². The van der Waals surface area contributed by atoms with E-state index in [-0.39, 0.29) is 17.2 Å². The van der Waals surface area contributed by atoms with Crippen molar-refractivity contribution >= 4 is 29.3 Å². The highest BCUT2D eigenvalue weighted by molar-refractivity contribution is 6.32. The molecular weight excluding hydrogens is 571 g/mol. The molecule has 1 amide bonds. The number of nitrogens with zero attached hydrogens (tertiary/aromatic N) is 1. The largest absolute Gasteiger partial charge is 0.490 e. The van der Waals surface area contributed by atoms with E-state index in [0.29, 0.717) is 54.1 Å². The van der Waals surface area contributed by atoms with E-state index in [1.807, 2.05) is 68.4 Å². The summed E-state index contributed by atoms with van der Waals surface area (Å²) in [6, 6.07) is 25.8. The molecule has 0 heterocycles. The number of ether oxygens (including phenoxy) is 4. The van der Waals surface area contributed by atoms with E-state index in [1.165, 1.54) is 30.3 Å². The van der Waals surface area contributed by atoms with Gasteiger partial charge in [0.2, 0.25) is 0 Å². The summed E-state index contributed by atoms with van der Waals surface area (Å²) in [5.74, 6) is 0.802. The second-order valence-electron chi connectivity index (χ2n) is 9.17. The summed E-state index contributed by atoms with van der Waals surface area (Å²) in [5, 5.41) is 12.4. The van der Waals surface area contributed by atoms with Crippen molar-refractivity contribution in [2.75, 3.05) is 18.5 Å². The van der Waals surface area contributed by atoms with Gasteiger partial charge in [-0.1, -0.05) is 48.0 Å². The molecule has 43 heavy (non-hydrogen) atoms. The third-order valence-electron chi connectivity index (χ3n) is 6.04. The van der Waals surface area contributed by atoms with E-state index in [4.69, 9.17) is 30.5 Å². The smallest absolute Gasteiger partial charge is 0.266 e. The van der Waals surface area contributed by atoms with Crippen LogP contribution in [0.2, 0.25) is 5.02 Å². The van der Waals surface area contributed by atoms with Crippen LogP contribution < -0.4 is 24.3 Å². The van der Waals surface area contributed by atoms with Crippen LogP contribution in [-0.4, -0.2) is 19.1 Å². The Morgan fingerprint density at radius 1 is 0.837 bits per heavy atom. The zero-order valence-corrected chi connectivity index (χ0v) is 24.5. The van der Waals surface area contributed by atoms with Crippen molar-refractivity contribution in [3.05, 3.63) is 118 Å². The molecule has 0 bridgehead atoms. The Morgan fingerprint density at radius 3 is 2.23 bits per heavy atom. The molecule has 0 unspecified atom stereocenters. The molecule has 0 saturated carbocycles. The van der Waals surface area contributed by atoms with E-state index < -0.39 is 11.7 Å². The fourth-order valence-corrected chi connectivity index (χ4v) is 4.32. The molecule has 9 heteroatoms. The second-order valence-corrected chi connectivity index (χ2v) is 9.58. The predicted octanol–water partition coefficient (Wildman–Crippen LogP) is 7.98. The molecule has 0 spiro atoms. The van der Waals surface area contributed by atoms with Gasteiger partial charge < -0.3 is 24.3 Å².